The van der Waals surface area contributed by atoms with Crippen molar-refractivity contribution < 1.29 is 15.0 Å². The van der Waals surface area contributed by atoms with Gasteiger partial charge in [-0.25, -0.2) is 0 Å². The van der Waals surface area contributed by atoms with E-state index in [4.69, 9.17) is 0 Å². The summed E-state index contributed by atoms with van der Waals surface area (Å²) in [6, 6.07) is -0.632. The van der Waals surface area contributed by atoms with Gasteiger partial charge in [0.05, 0.1) is 18.8 Å². The van der Waals surface area contributed by atoms with Gasteiger partial charge in [0.1, 0.15) is 0 Å². The Bertz CT molecular complexity index is 618. The van der Waals surface area contributed by atoms with Gasteiger partial charge in [0.2, 0.25) is 5.91 Å². The second kappa shape index (κ2) is 35.4. The lowest BCUT2D eigenvalue weighted by Gasteiger charge is -2.19. The monoisotopic (exact) mass is 606 g/mol. The lowest BCUT2D eigenvalue weighted by molar-refractivity contribution is -0.123. The third-order valence-electron chi connectivity index (χ3n) is 8.69. The largest absolute Gasteiger partial charge is 0.394 e. The first-order valence-electron chi connectivity index (χ1n) is 19.1. The SMILES string of the molecule is CCCCCCCCCCCCCCCCC/C=C/CC/C=C/C(O)C(CO)NC(=O)CCCCCCCCCCCC. The summed E-state index contributed by atoms with van der Waals surface area (Å²) in [6.45, 7) is 4.28. The predicted molar refractivity (Wildman–Crippen MR) is 189 cm³/mol. The van der Waals surface area contributed by atoms with Gasteiger partial charge in [-0.05, 0) is 32.1 Å². The summed E-state index contributed by atoms with van der Waals surface area (Å²) < 4.78 is 0. The summed E-state index contributed by atoms with van der Waals surface area (Å²) in [5.74, 6) is -0.0761. The van der Waals surface area contributed by atoms with Gasteiger partial charge in [-0.15, -0.1) is 0 Å². The van der Waals surface area contributed by atoms with Crippen LogP contribution in [0.25, 0.3) is 0 Å². The highest BCUT2D eigenvalue weighted by Gasteiger charge is 2.17. The van der Waals surface area contributed by atoms with Gasteiger partial charge in [0, 0.05) is 6.42 Å². The van der Waals surface area contributed by atoms with E-state index in [1.807, 2.05) is 6.08 Å². The molecule has 0 rings (SSSR count). The summed E-state index contributed by atoms with van der Waals surface area (Å²) in [5, 5.41) is 22.8. The van der Waals surface area contributed by atoms with Crippen molar-refractivity contribution in [1.82, 2.24) is 5.32 Å². The summed E-state index contributed by atoms with van der Waals surface area (Å²) in [6.07, 6.45) is 44.2. The molecule has 2 atom stereocenters. The number of carbonyl (C=O) groups is 1. The number of rotatable bonds is 34. The molecule has 43 heavy (non-hydrogen) atoms. The van der Waals surface area contributed by atoms with Crippen LogP contribution < -0.4 is 5.32 Å². The first-order valence-corrected chi connectivity index (χ1v) is 19.1. The average Bonchev–Trinajstić information content (AvgIpc) is 3.01. The van der Waals surface area contributed by atoms with E-state index < -0.39 is 12.1 Å². The Labute approximate surface area is 269 Å². The molecule has 0 aliphatic heterocycles. The molecule has 0 aliphatic rings. The van der Waals surface area contributed by atoms with Crippen molar-refractivity contribution in [3.05, 3.63) is 24.3 Å². The second-order valence-electron chi connectivity index (χ2n) is 13.0. The first kappa shape index (κ1) is 41.9. The standard InChI is InChI=1S/C39H75NO3/c1-3-5-7-9-11-13-15-16-17-18-19-20-21-22-23-24-25-26-28-30-32-34-38(42)37(36-41)40-39(43)35-33-31-29-27-14-12-10-8-6-4-2/h25-26,32,34,37-38,41-42H,3-24,27-31,33,35-36H2,1-2H3,(H,40,43)/b26-25+,34-32+. The zero-order chi connectivity index (χ0) is 31.5. The number of unbranched alkanes of at least 4 members (excludes halogenated alkanes) is 25. The zero-order valence-corrected chi connectivity index (χ0v) is 29.0. The van der Waals surface area contributed by atoms with E-state index in [9.17, 15) is 15.0 Å². The fraction of sp³-hybridized carbons (Fsp3) is 0.872. The minimum Gasteiger partial charge on any atom is -0.394 e. The number of hydrogen-bond donors (Lipinski definition) is 3. The third kappa shape index (κ3) is 32.1. The summed E-state index contributed by atoms with van der Waals surface area (Å²) in [5.41, 5.74) is 0. The summed E-state index contributed by atoms with van der Waals surface area (Å²) >= 11 is 0. The molecule has 0 aromatic heterocycles. The molecule has 0 saturated heterocycles. The molecular weight excluding hydrogens is 530 g/mol. The number of amides is 1. The van der Waals surface area contributed by atoms with E-state index in [2.05, 4.69) is 31.3 Å². The van der Waals surface area contributed by atoms with Gasteiger partial charge in [-0.2, -0.15) is 0 Å². The molecule has 254 valence electrons. The Kier molecular flexibility index (Phi) is 34.4. The fourth-order valence-electron chi connectivity index (χ4n) is 5.72. The van der Waals surface area contributed by atoms with Crippen LogP contribution in [0.15, 0.2) is 24.3 Å². The van der Waals surface area contributed by atoms with Crippen LogP contribution in [0.5, 0.6) is 0 Å². The lowest BCUT2D eigenvalue weighted by Crippen LogP contribution is -2.45. The summed E-state index contributed by atoms with van der Waals surface area (Å²) in [4.78, 5) is 12.3. The maximum Gasteiger partial charge on any atom is 0.220 e. The molecule has 0 aromatic rings. The van der Waals surface area contributed by atoms with Crippen LogP contribution >= 0.6 is 0 Å². The molecule has 0 radical (unpaired) electrons. The number of carbonyl (C=O) groups excluding carboxylic acids is 1. The molecule has 0 aliphatic carbocycles. The van der Waals surface area contributed by atoms with Crippen LogP contribution in [0.2, 0.25) is 0 Å². The highest BCUT2D eigenvalue weighted by Crippen LogP contribution is 2.14. The maximum atomic E-state index is 12.3. The number of aliphatic hydroxyl groups is 2. The Morgan fingerprint density at radius 1 is 0.535 bits per heavy atom. The average molecular weight is 606 g/mol. The van der Waals surface area contributed by atoms with E-state index in [0.29, 0.717) is 6.42 Å². The number of allylic oxidation sites excluding steroid dienone is 3. The fourth-order valence-corrected chi connectivity index (χ4v) is 5.72. The minimum atomic E-state index is -0.856. The van der Waals surface area contributed by atoms with Gasteiger partial charge >= 0.3 is 0 Å². The summed E-state index contributed by atoms with van der Waals surface area (Å²) in [7, 11) is 0. The smallest absolute Gasteiger partial charge is 0.220 e. The van der Waals surface area contributed by atoms with Crippen LogP contribution in [-0.2, 0) is 4.79 Å². The van der Waals surface area contributed by atoms with Crippen molar-refractivity contribution in [3.8, 4) is 0 Å². The molecule has 0 fully saturated rings. The van der Waals surface area contributed by atoms with Gasteiger partial charge in [-0.3, -0.25) is 4.79 Å². The molecule has 2 unspecified atom stereocenters. The molecule has 3 N–H and O–H groups in total. The normalized spacial score (nSPS) is 13.3. The molecule has 0 bridgehead atoms. The molecule has 0 saturated carbocycles. The van der Waals surface area contributed by atoms with E-state index >= 15 is 0 Å². The Morgan fingerprint density at radius 2 is 0.907 bits per heavy atom. The van der Waals surface area contributed by atoms with E-state index in [1.54, 1.807) is 6.08 Å². The molecule has 0 heterocycles. The van der Waals surface area contributed by atoms with Crippen molar-refractivity contribution in [1.29, 1.82) is 0 Å². The molecule has 0 aromatic carbocycles. The van der Waals surface area contributed by atoms with Gasteiger partial charge in [-0.1, -0.05) is 186 Å². The number of hydrogen-bond acceptors (Lipinski definition) is 3. The number of aliphatic hydroxyl groups excluding tert-OH is 2. The molecule has 0 spiro atoms. The first-order chi connectivity index (χ1) is 21.2. The van der Waals surface area contributed by atoms with Crippen molar-refractivity contribution in [2.24, 2.45) is 0 Å². The lowest BCUT2D eigenvalue weighted by atomic mass is 10.0. The highest BCUT2D eigenvalue weighted by molar-refractivity contribution is 5.76. The molecule has 4 nitrogen and oxygen atoms in total. The van der Waals surface area contributed by atoms with Crippen molar-refractivity contribution in [2.45, 2.75) is 212 Å². The van der Waals surface area contributed by atoms with Crippen LogP contribution in [0, 0.1) is 0 Å². The van der Waals surface area contributed by atoms with Crippen LogP contribution in [0.1, 0.15) is 200 Å². The predicted octanol–water partition coefficient (Wildman–Crippen LogP) is 11.3. The maximum absolute atomic E-state index is 12.3. The van der Waals surface area contributed by atoms with Gasteiger partial charge in [0.15, 0.2) is 0 Å². The van der Waals surface area contributed by atoms with Gasteiger partial charge < -0.3 is 15.5 Å². The van der Waals surface area contributed by atoms with Crippen molar-refractivity contribution >= 4 is 5.91 Å². The Hall–Kier alpha value is -1.13. The van der Waals surface area contributed by atoms with Gasteiger partial charge in [0.25, 0.3) is 0 Å². The minimum absolute atomic E-state index is 0.0761. The van der Waals surface area contributed by atoms with Crippen molar-refractivity contribution in [3.63, 3.8) is 0 Å². The van der Waals surface area contributed by atoms with Crippen LogP contribution in [0.4, 0.5) is 0 Å². The Morgan fingerprint density at radius 3 is 1.35 bits per heavy atom. The highest BCUT2D eigenvalue weighted by atomic mass is 16.3. The molecular formula is C39H75NO3. The van der Waals surface area contributed by atoms with Crippen LogP contribution in [0.3, 0.4) is 0 Å². The Balaban J connectivity index is 3.61. The van der Waals surface area contributed by atoms with Crippen molar-refractivity contribution in [2.75, 3.05) is 6.61 Å². The topological polar surface area (TPSA) is 69.6 Å². The second-order valence-corrected chi connectivity index (χ2v) is 13.0. The number of nitrogens with one attached hydrogen (secondary N) is 1. The molecule has 4 heteroatoms. The third-order valence-corrected chi connectivity index (χ3v) is 8.69. The van der Waals surface area contributed by atoms with Crippen LogP contribution in [-0.4, -0.2) is 34.9 Å². The zero-order valence-electron chi connectivity index (χ0n) is 29.0. The van der Waals surface area contributed by atoms with E-state index in [-0.39, 0.29) is 12.5 Å². The molecule has 1 amide bonds. The quantitative estimate of drug-likeness (QED) is 0.0505. The van der Waals surface area contributed by atoms with E-state index in [0.717, 1.165) is 32.1 Å². The van der Waals surface area contributed by atoms with E-state index in [1.165, 1.54) is 148 Å².